The molecular weight excluding hydrogens is 358 g/mol. The number of hydrogen-bond donors (Lipinski definition) is 1. The summed E-state index contributed by atoms with van der Waals surface area (Å²) < 4.78 is 31.6. The van der Waals surface area contributed by atoms with E-state index in [2.05, 4.69) is 41.3 Å². The van der Waals surface area contributed by atoms with E-state index in [-0.39, 0.29) is 24.8 Å². The standard InChI is InChI=1S/C23H28F2N2O/c1-16(26)19-4-2-17(3-5-19)13-27-9-8-20-10-22(7-6-21(20)14-27)28-15-18-11-23(24,25)12-18/h2-7,10,16,18H,8-9,11-15,26H2,1H3/t16-/m0/s1. The highest BCUT2D eigenvalue weighted by molar-refractivity contribution is 5.37. The second-order valence-electron chi connectivity index (χ2n) is 8.36. The van der Waals surface area contributed by atoms with Crippen LogP contribution in [0.2, 0.25) is 0 Å². The first kappa shape index (κ1) is 19.3. The number of hydrogen-bond acceptors (Lipinski definition) is 3. The van der Waals surface area contributed by atoms with Crippen LogP contribution in [-0.2, 0) is 19.5 Å². The number of benzene rings is 2. The zero-order valence-corrected chi connectivity index (χ0v) is 16.3. The molecule has 0 unspecified atom stereocenters. The van der Waals surface area contributed by atoms with Gasteiger partial charge in [0, 0.05) is 44.4 Å². The van der Waals surface area contributed by atoms with Crippen LogP contribution in [0, 0.1) is 5.92 Å². The minimum absolute atomic E-state index is 0.0184. The Kier molecular flexibility index (Phi) is 5.39. The predicted molar refractivity (Wildman–Crippen MR) is 106 cm³/mol. The van der Waals surface area contributed by atoms with Gasteiger partial charge >= 0.3 is 0 Å². The minimum atomic E-state index is -2.48. The van der Waals surface area contributed by atoms with E-state index in [4.69, 9.17) is 10.5 Å². The number of fused-ring (bicyclic) bond motifs is 1. The van der Waals surface area contributed by atoms with Gasteiger partial charge in [-0.05, 0) is 47.7 Å². The molecule has 2 aromatic rings. The number of nitrogens with two attached hydrogens (primary N) is 1. The van der Waals surface area contributed by atoms with Gasteiger partial charge in [-0.2, -0.15) is 0 Å². The molecule has 2 aromatic carbocycles. The van der Waals surface area contributed by atoms with E-state index in [1.54, 1.807) is 0 Å². The topological polar surface area (TPSA) is 38.5 Å². The van der Waals surface area contributed by atoms with E-state index in [9.17, 15) is 8.78 Å². The summed E-state index contributed by atoms with van der Waals surface area (Å²) in [6.07, 6.45) is 0.891. The highest BCUT2D eigenvalue weighted by Crippen LogP contribution is 2.42. The molecule has 1 fully saturated rings. The molecule has 2 N–H and O–H groups in total. The van der Waals surface area contributed by atoms with Crippen molar-refractivity contribution in [2.24, 2.45) is 11.7 Å². The van der Waals surface area contributed by atoms with Gasteiger partial charge < -0.3 is 10.5 Å². The summed E-state index contributed by atoms with van der Waals surface area (Å²) in [5, 5.41) is 0. The maximum atomic E-state index is 12.9. The summed E-state index contributed by atoms with van der Waals surface area (Å²) in [4.78, 5) is 2.44. The van der Waals surface area contributed by atoms with Gasteiger partial charge in [0.2, 0.25) is 5.92 Å². The van der Waals surface area contributed by atoms with Gasteiger partial charge in [0.25, 0.3) is 0 Å². The first-order chi connectivity index (χ1) is 13.4. The van der Waals surface area contributed by atoms with Gasteiger partial charge in [-0.3, -0.25) is 4.90 Å². The number of rotatable bonds is 6. The fourth-order valence-electron chi connectivity index (χ4n) is 4.11. The van der Waals surface area contributed by atoms with E-state index >= 15 is 0 Å². The highest BCUT2D eigenvalue weighted by atomic mass is 19.3. The van der Waals surface area contributed by atoms with Crippen molar-refractivity contribution >= 4 is 0 Å². The van der Waals surface area contributed by atoms with Crippen molar-refractivity contribution in [3.63, 3.8) is 0 Å². The molecule has 0 saturated heterocycles. The third-order valence-corrected chi connectivity index (χ3v) is 5.84. The van der Waals surface area contributed by atoms with E-state index < -0.39 is 5.92 Å². The lowest BCUT2D eigenvalue weighted by molar-refractivity contribution is -0.119. The number of halogens is 2. The molecule has 150 valence electrons. The second-order valence-corrected chi connectivity index (χ2v) is 8.36. The molecule has 28 heavy (non-hydrogen) atoms. The van der Waals surface area contributed by atoms with Gasteiger partial charge in [-0.1, -0.05) is 30.3 Å². The maximum Gasteiger partial charge on any atom is 0.248 e. The van der Waals surface area contributed by atoms with Crippen molar-refractivity contribution in [1.29, 1.82) is 0 Å². The fourth-order valence-corrected chi connectivity index (χ4v) is 4.11. The van der Waals surface area contributed by atoms with Crippen LogP contribution in [-0.4, -0.2) is 24.0 Å². The van der Waals surface area contributed by atoms with E-state index in [0.29, 0.717) is 6.61 Å². The number of ether oxygens (including phenoxy) is 1. The average Bonchev–Trinajstić information content (AvgIpc) is 2.65. The Morgan fingerprint density at radius 2 is 1.89 bits per heavy atom. The molecule has 0 amide bonds. The van der Waals surface area contributed by atoms with Gasteiger partial charge in [0.15, 0.2) is 0 Å². The van der Waals surface area contributed by atoms with E-state index in [0.717, 1.165) is 37.4 Å². The Morgan fingerprint density at radius 3 is 2.57 bits per heavy atom. The summed E-state index contributed by atoms with van der Waals surface area (Å²) in [5.41, 5.74) is 11.0. The molecule has 0 aromatic heterocycles. The van der Waals surface area contributed by atoms with Crippen molar-refractivity contribution in [3.8, 4) is 5.75 Å². The molecule has 1 aliphatic carbocycles. The smallest absolute Gasteiger partial charge is 0.248 e. The second kappa shape index (κ2) is 7.80. The fraction of sp³-hybridized carbons (Fsp3) is 0.478. The molecule has 1 heterocycles. The zero-order chi connectivity index (χ0) is 19.7. The normalized spacial score (nSPS) is 20.3. The predicted octanol–water partition coefficient (Wildman–Crippen LogP) is 4.69. The molecule has 3 nitrogen and oxygen atoms in total. The number of nitrogens with zero attached hydrogens (tertiary/aromatic N) is 1. The first-order valence-electron chi connectivity index (χ1n) is 10.1. The Hall–Kier alpha value is -1.98. The lowest BCUT2D eigenvalue weighted by atomic mass is 9.82. The molecule has 1 atom stereocenters. The summed E-state index contributed by atoms with van der Waals surface area (Å²) in [5.74, 6) is -1.69. The van der Waals surface area contributed by atoms with Crippen LogP contribution in [0.1, 0.15) is 48.1 Å². The van der Waals surface area contributed by atoms with Crippen molar-refractivity contribution < 1.29 is 13.5 Å². The Labute approximate surface area is 165 Å². The molecule has 1 aliphatic heterocycles. The molecule has 2 aliphatic rings. The summed E-state index contributed by atoms with van der Waals surface area (Å²) >= 11 is 0. The van der Waals surface area contributed by atoms with Crippen LogP contribution in [0.15, 0.2) is 42.5 Å². The van der Waals surface area contributed by atoms with Gasteiger partial charge in [0.1, 0.15) is 5.75 Å². The van der Waals surface area contributed by atoms with Crippen molar-refractivity contribution in [2.45, 2.75) is 51.2 Å². The Balaban J connectivity index is 1.31. The highest BCUT2D eigenvalue weighted by Gasteiger charge is 2.45. The quantitative estimate of drug-likeness (QED) is 0.783. The minimum Gasteiger partial charge on any atom is -0.493 e. The van der Waals surface area contributed by atoms with Crippen LogP contribution < -0.4 is 10.5 Å². The van der Waals surface area contributed by atoms with Crippen LogP contribution >= 0.6 is 0 Å². The van der Waals surface area contributed by atoms with Crippen LogP contribution in [0.5, 0.6) is 5.75 Å². The summed E-state index contributed by atoms with van der Waals surface area (Å²) in [6.45, 7) is 5.22. The average molecular weight is 386 g/mol. The van der Waals surface area contributed by atoms with Crippen molar-refractivity contribution in [2.75, 3.05) is 13.2 Å². The lowest BCUT2D eigenvalue weighted by Crippen LogP contribution is -2.38. The van der Waals surface area contributed by atoms with E-state index in [1.165, 1.54) is 16.7 Å². The number of alkyl halides is 2. The first-order valence-corrected chi connectivity index (χ1v) is 10.1. The molecule has 0 spiro atoms. The van der Waals surface area contributed by atoms with Crippen LogP contribution in [0.25, 0.3) is 0 Å². The van der Waals surface area contributed by atoms with Crippen LogP contribution in [0.4, 0.5) is 8.78 Å². The monoisotopic (exact) mass is 386 g/mol. The molecule has 0 bridgehead atoms. The SMILES string of the molecule is C[C@H](N)c1ccc(CN2CCc3cc(OCC4CC(F)(F)C4)ccc3C2)cc1. The third kappa shape index (κ3) is 4.53. The Morgan fingerprint density at radius 1 is 1.14 bits per heavy atom. The Bertz CT molecular complexity index is 812. The zero-order valence-electron chi connectivity index (χ0n) is 16.3. The maximum absolute atomic E-state index is 12.9. The third-order valence-electron chi connectivity index (χ3n) is 5.84. The van der Waals surface area contributed by atoms with E-state index in [1.807, 2.05) is 13.0 Å². The van der Waals surface area contributed by atoms with Gasteiger partial charge in [-0.15, -0.1) is 0 Å². The summed E-state index contributed by atoms with van der Waals surface area (Å²) in [7, 11) is 0. The largest absolute Gasteiger partial charge is 0.493 e. The molecule has 5 heteroatoms. The molecular formula is C23H28F2N2O. The summed E-state index contributed by atoms with van der Waals surface area (Å²) in [6, 6.07) is 14.8. The van der Waals surface area contributed by atoms with Gasteiger partial charge in [-0.25, -0.2) is 8.78 Å². The lowest BCUT2D eigenvalue weighted by Gasteiger charge is -2.34. The van der Waals surface area contributed by atoms with Crippen molar-refractivity contribution in [3.05, 3.63) is 64.7 Å². The van der Waals surface area contributed by atoms with Crippen molar-refractivity contribution in [1.82, 2.24) is 4.90 Å². The van der Waals surface area contributed by atoms with Crippen LogP contribution in [0.3, 0.4) is 0 Å². The molecule has 1 saturated carbocycles. The van der Waals surface area contributed by atoms with Gasteiger partial charge in [0.05, 0.1) is 6.61 Å². The molecule has 4 rings (SSSR count). The molecule has 0 radical (unpaired) electrons.